The molecule has 0 saturated carbocycles. The van der Waals surface area contributed by atoms with Crippen LogP contribution in [-0.2, 0) is 13.6 Å². The Morgan fingerprint density at radius 2 is 2.17 bits per heavy atom. The molecule has 0 atom stereocenters. The van der Waals surface area contributed by atoms with Crippen molar-refractivity contribution in [2.75, 3.05) is 7.05 Å². The Bertz CT molecular complexity index is 619. The number of phenolic OH excluding ortho intramolecular Hbond substituents is 1. The second-order valence-electron chi connectivity index (χ2n) is 4.44. The molecule has 1 aromatic carbocycles. The number of fused-ring (bicyclic) bond motifs is 1. The number of aromatic nitrogens is 1. The molecule has 0 radical (unpaired) electrons. The summed E-state index contributed by atoms with van der Waals surface area (Å²) in [6, 6.07) is 7.56. The summed E-state index contributed by atoms with van der Waals surface area (Å²) >= 11 is 0. The van der Waals surface area contributed by atoms with Crippen LogP contribution < -0.4 is 0 Å². The van der Waals surface area contributed by atoms with E-state index in [1.165, 1.54) is 5.69 Å². The molecule has 0 saturated heterocycles. The lowest BCUT2D eigenvalue weighted by Gasteiger charge is -2.13. The SMILES string of the molecule is CC=C=CN(C)Cc1cc2cc(O)ccc2n1C. The Balaban J connectivity index is 2.34. The largest absolute Gasteiger partial charge is 0.508 e. The fraction of sp³-hybridized carbons (Fsp3) is 0.267. The predicted octanol–water partition coefficient (Wildman–Crippen LogP) is 3.00. The number of nitrogens with zero attached hydrogens (tertiary/aromatic N) is 2. The first-order valence-corrected chi connectivity index (χ1v) is 5.96. The Labute approximate surface area is 107 Å². The third-order valence-corrected chi connectivity index (χ3v) is 3.00. The quantitative estimate of drug-likeness (QED) is 0.838. The molecule has 0 fully saturated rings. The van der Waals surface area contributed by atoms with Gasteiger partial charge < -0.3 is 14.6 Å². The molecule has 2 aromatic rings. The standard InChI is InChI=1S/C15H18N2O/c1-4-5-8-16(2)11-13-9-12-10-14(18)6-7-15(12)17(13)3/h4,6-10,18H,11H2,1-3H3. The van der Waals surface area contributed by atoms with Crippen molar-refractivity contribution in [1.29, 1.82) is 0 Å². The lowest BCUT2D eigenvalue weighted by atomic mass is 10.2. The maximum Gasteiger partial charge on any atom is 0.116 e. The van der Waals surface area contributed by atoms with Crippen LogP contribution in [0.4, 0.5) is 0 Å². The summed E-state index contributed by atoms with van der Waals surface area (Å²) < 4.78 is 2.15. The summed E-state index contributed by atoms with van der Waals surface area (Å²) in [5, 5.41) is 10.6. The molecule has 0 amide bonds. The van der Waals surface area contributed by atoms with Crippen LogP contribution in [-0.4, -0.2) is 21.6 Å². The van der Waals surface area contributed by atoms with Crippen LogP contribution in [0.3, 0.4) is 0 Å². The number of rotatable bonds is 3. The van der Waals surface area contributed by atoms with Crippen molar-refractivity contribution in [2.24, 2.45) is 7.05 Å². The highest BCUT2D eigenvalue weighted by molar-refractivity contribution is 5.82. The Kier molecular flexibility index (Phi) is 3.45. The van der Waals surface area contributed by atoms with Crippen molar-refractivity contribution in [3.63, 3.8) is 0 Å². The van der Waals surface area contributed by atoms with Gasteiger partial charge in [-0.1, -0.05) is 0 Å². The summed E-state index contributed by atoms with van der Waals surface area (Å²) in [5.74, 6) is 0.307. The smallest absolute Gasteiger partial charge is 0.116 e. The van der Waals surface area contributed by atoms with E-state index in [1.54, 1.807) is 12.1 Å². The first kappa shape index (κ1) is 12.3. The molecule has 0 aliphatic carbocycles. The zero-order valence-electron chi connectivity index (χ0n) is 11.0. The number of aryl methyl sites for hydroxylation is 1. The Morgan fingerprint density at radius 3 is 2.89 bits per heavy atom. The zero-order chi connectivity index (χ0) is 13.1. The fourth-order valence-corrected chi connectivity index (χ4v) is 2.05. The van der Waals surface area contributed by atoms with E-state index in [2.05, 4.69) is 21.3 Å². The van der Waals surface area contributed by atoms with Gasteiger partial charge in [-0.05, 0) is 37.3 Å². The van der Waals surface area contributed by atoms with Crippen molar-refractivity contribution in [2.45, 2.75) is 13.5 Å². The Morgan fingerprint density at radius 1 is 1.39 bits per heavy atom. The summed E-state index contributed by atoms with van der Waals surface area (Å²) in [4.78, 5) is 2.08. The van der Waals surface area contributed by atoms with Gasteiger partial charge in [0.15, 0.2) is 0 Å². The minimum atomic E-state index is 0.307. The number of phenols is 1. The zero-order valence-corrected chi connectivity index (χ0v) is 11.0. The summed E-state index contributed by atoms with van der Waals surface area (Å²) in [6.45, 7) is 2.76. The maximum atomic E-state index is 9.49. The highest BCUT2D eigenvalue weighted by atomic mass is 16.3. The van der Waals surface area contributed by atoms with E-state index < -0.39 is 0 Å². The minimum Gasteiger partial charge on any atom is -0.508 e. The third kappa shape index (κ3) is 2.41. The lowest BCUT2D eigenvalue weighted by Crippen LogP contribution is -2.12. The monoisotopic (exact) mass is 242 g/mol. The minimum absolute atomic E-state index is 0.307. The van der Waals surface area contributed by atoms with E-state index in [4.69, 9.17) is 0 Å². The molecule has 0 aliphatic heterocycles. The van der Waals surface area contributed by atoms with Gasteiger partial charge in [-0.3, -0.25) is 0 Å². The molecule has 0 spiro atoms. The third-order valence-electron chi connectivity index (χ3n) is 3.00. The van der Waals surface area contributed by atoms with Crippen molar-refractivity contribution >= 4 is 10.9 Å². The average molecular weight is 242 g/mol. The highest BCUT2D eigenvalue weighted by Gasteiger charge is 2.07. The van der Waals surface area contributed by atoms with Gasteiger partial charge in [-0.25, -0.2) is 0 Å². The number of hydrogen-bond donors (Lipinski definition) is 1. The van der Waals surface area contributed by atoms with Gasteiger partial charge in [0.1, 0.15) is 5.75 Å². The molecule has 1 heterocycles. The average Bonchev–Trinajstić information content (AvgIpc) is 2.63. The van der Waals surface area contributed by atoms with Gasteiger partial charge >= 0.3 is 0 Å². The van der Waals surface area contributed by atoms with E-state index in [-0.39, 0.29) is 0 Å². The van der Waals surface area contributed by atoms with Crippen LogP contribution in [0.5, 0.6) is 5.75 Å². The molecule has 3 heteroatoms. The maximum absolute atomic E-state index is 9.49. The first-order chi connectivity index (χ1) is 8.61. The van der Waals surface area contributed by atoms with Crippen LogP contribution in [0.2, 0.25) is 0 Å². The highest BCUT2D eigenvalue weighted by Crippen LogP contribution is 2.23. The normalized spacial score (nSPS) is 10.2. The Hall–Kier alpha value is -2.12. The van der Waals surface area contributed by atoms with Crippen LogP contribution in [0.15, 0.2) is 42.3 Å². The van der Waals surface area contributed by atoms with Crippen LogP contribution in [0.25, 0.3) is 10.9 Å². The van der Waals surface area contributed by atoms with Gasteiger partial charge in [-0.2, -0.15) is 0 Å². The van der Waals surface area contributed by atoms with Gasteiger partial charge in [0.25, 0.3) is 0 Å². The van der Waals surface area contributed by atoms with E-state index in [0.29, 0.717) is 5.75 Å². The number of hydrogen-bond acceptors (Lipinski definition) is 2. The number of aromatic hydroxyl groups is 1. The molecule has 0 unspecified atom stereocenters. The number of benzene rings is 1. The van der Waals surface area contributed by atoms with E-state index >= 15 is 0 Å². The molecule has 3 nitrogen and oxygen atoms in total. The lowest BCUT2D eigenvalue weighted by molar-refractivity contribution is 0.438. The van der Waals surface area contributed by atoms with E-state index in [0.717, 1.165) is 17.4 Å². The van der Waals surface area contributed by atoms with Gasteiger partial charge in [0.2, 0.25) is 0 Å². The number of allylic oxidation sites excluding steroid dienone is 1. The predicted molar refractivity (Wildman–Crippen MR) is 74.4 cm³/mol. The molecule has 18 heavy (non-hydrogen) atoms. The molecular formula is C15H18N2O. The molecule has 1 N–H and O–H groups in total. The van der Waals surface area contributed by atoms with Crippen LogP contribution in [0, 0.1) is 0 Å². The second-order valence-corrected chi connectivity index (χ2v) is 4.44. The molecule has 94 valence electrons. The topological polar surface area (TPSA) is 28.4 Å². The fourth-order valence-electron chi connectivity index (χ4n) is 2.05. The van der Waals surface area contributed by atoms with Crippen molar-refractivity contribution in [3.05, 3.63) is 48.0 Å². The molecule has 2 rings (SSSR count). The first-order valence-electron chi connectivity index (χ1n) is 5.96. The van der Waals surface area contributed by atoms with Crippen LogP contribution in [0.1, 0.15) is 12.6 Å². The van der Waals surface area contributed by atoms with E-state index in [1.807, 2.05) is 39.4 Å². The van der Waals surface area contributed by atoms with Crippen LogP contribution >= 0.6 is 0 Å². The summed E-state index contributed by atoms with van der Waals surface area (Å²) in [7, 11) is 4.06. The van der Waals surface area contributed by atoms with Crippen molar-refractivity contribution in [1.82, 2.24) is 9.47 Å². The summed E-state index contributed by atoms with van der Waals surface area (Å²) in [5.41, 5.74) is 5.39. The summed E-state index contributed by atoms with van der Waals surface area (Å²) in [6.07, 6.45) is 3.81. The molecule has 1 aromatic heterocycles. The second kappa shape index (κ2) is 5.03. The molecule has 0 bridgehead atoms. The van der Waals surface area contributed by atoms with Crippen molar-refractivity contribution in [3.8, 4) is 5.75 Å². The molecular weight excluding hydrogens is 224 g/mol. The van der Waals surface area contributed by atoms with E-state index in [9.17, 15) is 5.11 Å². The van der Waals surface area contributed by atoms with Crippen molar-refractivity contribution < 1.29 is 5.11 Å². The van der Waals surface area contributed by atoms with Gasteiger partial charge in [-0.15, -0.1) is 5.73 Å². The molecule has 0 aliphatic rings. The van der Waals surface area contributed by atoms with Gasteiger partial charge in [0, 0.05) is 36.9 Å². The van der Waals surface area contributed by atoms with Gasteiger partial charge in [0.05, 0.1) is 6.54 Å².